The van der Waals surface area contributed by atoms with E-state index >= 15 is 0 Å². The lowest BCUT2D eigenvalue weighted by Crippen LogP contribution is -2.17. The van der Waals surface area contributed by atoms with Crippen LogP contribution in [0.3, 0.4) is 0 Å². The molecular formula is C20H22O2S. The molecule has 0 N–H and O–H groups in total. The van der Waals surface area contributed by atoms with Gasteiger partial charge in [-0.25, -0.2) is 0 Å². The third-order valence-electron chi connectivity index (χ3n) is 5.38. The molecule has 2 aromatic rings. The van der Waals surface area contributed by atoms with Crippen molar-refractivity contribution in [1.29, 1.82) is 0 Å². The topological polar surface area (TPSA) is 26.3 Å². The minimum absolute atomic E-state index is 0.126. The van der Waals surface area contributed by atoms with E-state index in [0.29, 0.717) is 0 Å². The number of carbonyl (C=O) groups is 1. The van der Waals surface area contributed by atoms with Crippen LogP contribution in [0.1, 0.15) is 45.9 Å². The van der Waals surface area contributed by atoms with Crippen molar-refractivity contribution in [2.45, 2.75) is 43.8 Å². The van der Waals surface area contributed by atoms with Crippen molar-refractivity contribution in [3.8, 4) is 0 Å². The molecule has 0 radical (unpaired) electrons. The first-order valence-corrected chi connectivity index (χ1v) is 9.73. The van der Waals surface area contributed by atoms with Gasteiger partial charge < -0.3 is 4.74 Å². The lowest BCUT2D eigenvalue weighted by Gasteiger charge is -2.28. The molecular weight excluding hydrogens is 304 g/mol. The summed E-state index contributed by atoms with van der Waals surface area (Å²) in [4.78, 5) is 12.3. The van der Waals surface area contributed by atoms with Crippen LogP contribution in [0.5, 0.6) is 0 Å². The van der Waals surface area contributed by atoms with Gasteiger partial charge in [-0.15, -0.1) is 11.8 Å². The van der Waals surface area contributed by atoms with Crippen molar-refractivity contribution >= 4 is 28.5 Å². The first kappa shape index (κ1) is 15.1. The molecule has 120 valence electrons. The maximum atomic E-state index is 12.3. The van der Waals surface area contributed by atoms with Crippen LogP contribution < -0.4 is 0 Å². The fourth-order valence-electron chi connectivity index (χ4n) is 4.39. The van der Waals surface area contributed by atoms with Gasteiger partial charge in [0.15, 0.2) is 0 Å². The molecule has 0 saturated carbocycles. The second-order valence-corrected chi connectivity index (χ2v) is 7.53. The van der Waals surface area contributed by atoms with Gasteiger partial charge in [0.1, 0.15) is 5.25 Å². The number of methoxy groups -OCH3 is 1. The minimum atomic E-state index is -0.202. The van der Waals surface area contributed by atoms with E-state index in [0.717, 1.165) is 19.3 Å². The predicted molar refractivity (Wildman–Crippen MR) is 96.3 cm³/mol. The van der Waals surface area contributed by atoms with Gasteiger partial charge in [0.05, 0.1) is 7.11 Å². The zero-order chi connectivity index (χ0) is 16.0. The lowest BCUT2D eigenvalue weighted by molar-refractivity contribution is -0.140. The highest BCUT2D eigenvalue weighted by atomic mass is 32.2. The third-order valence-corrected chi connectivity index (χ3v) is 6.30. The second kappa shape index (κ2) is 5.86. The average molecular weight is 326 g/mol. The van der Waals surface area contributed by atoms with Gasteiger partial charge in [-0.3, -0.25) is 4.79 Å². The Labute approximate surface area is 141 Å². The van der Waals surface area contributed by atoms with E-state index in [1.54, 1.807) is 11.8 Å². The maximum Gasteiger partial charge on any atom is 0.323 e. The number of hydrogen-bond acceptors (Lipinski definition) is 3. The average Bonchev–Trinajstić information content (AvgIpc) is 2.60. The molecule has 2 aliphatic carbocycles. The number of carbonyl (C=O) groups excluding carboxylic acids is 1. The van der Waals surface area contributed by atoms with Gasteiger partial charge in [0.2, 0.25) is 0 Å². The molecule has 0 heterocycles. The van der Waals surface area contributed by atoms with Crippen molar-refractivity contribution in [3.63, 3.8) is 0 Å². The molecule has 2 aromatic carbocycles. The quantitative estimate of drug-likeness (QED) is 0.782. The summed E-state index contributed by atoms with van der Waals surface area (Å²) in [5, 5.41) is 2.76. The lowest BCUT2D eigenvalue weighted by atomic mass is 9.78. The first-order chi connectivity index (χ1) is 11.2. The van der Waals surface area contributed by atoms with E-state index in [4.69, 9.17) is 4.74 Å². The first-order valence-electron chi connectivity index (χ1n) is 8.44. The Hall–Kier alpha value is -1.48. The number of ether oxygens (including phenoxy) is 1. The number of benzene rings is 2. The van der Waals surface area contributed by atoms with Crippen molar-refractivity contribution in [2.75, 3.05) is 13.4 Å². The Bertz CT molecular complexity index is 794. The van der Waals surface area contributed by atoms with E-state index in [1.165, 1.54) is 65.0 Å². The number of rotatable bonds is 3. The van der Waals surface area contributed by atoms with Gasteiger partial charge in [-0.1, -0.05) is 18.2 Å². The molecule has 1 unspecified atom stereocenters. The highest BCUT2D eigenvalue weighted by Gasteiger charge is 2.29. The molecule has 23 heavy (non-hydrogen) atoms. The molecule has 0 bridgehead atoms. The van der Waals surface area contributed by atoms with Gasteiger partial charge in [-0.05, 0) is 83.4 Å². The van der Waals surface area contributed by atoms with E-state index in [9.17, 15) is 4.79 Å². The Morgan fingerprint density at radius 3 is 2.39 bits per heavy atom. The Morgan fingerprint density at radius 1 is 1.04 bits per heavy atom. The minimum Gasteiger partial charge on any atom is -0.468 e. The summed E-state index contributed by atoms with van der Waals surface area (Å²) in [7, 11) is 1.49. The summed E-state index contributed by atoms with van der Waals surface area (Å²) in [6.45, 7) is 0. The molecule has 0 spiro atoms. The SMILES string of the molecule is COC(=O)C(SC)c1cc2c3c(ccc4c3c1CCC4)CCC2. The van der Waals surface area contributed by atoms with Crippen LogP contribution in [0.4, 0.5) is 0 Å². The largest absolute Gasteiger partial charge is 0.468 e. The van der Waals surface area contributed by atoms with Gasteiger partial charge in [0, 0.05) is 0 Å². The van der Waals surface area contributed by atoms with Crippen LogP contribution in [0.15, 0.2) is 18.2 Å². The van der Waals surface area contributed by atoms with Crippen LogP contribution in [0.25, 0.3) is 10.8 Å². The van der Waals surface area contributed by atoms with E-state index in [-0.39, 0.29) is 11.2 Å². The summed E-state index contributed by atoms with van der Waals surface area (Å²) < 4.78 is 5.07. The zero-order valence-corrected chi connectivity index (χ0v) is 14.6. The summed E-state index contributed by atoms with van der Waals surface area (Å²) in [6, 6.07) is 6.97. The molecule has 2 nitrogen and oxygen atoms in total. The van der Waals surface area contributed by atoms with Crippen molar-refractivity contribution in [3.05, 3.63) is 46.0 Å². The molecule has 0 fully saturated rings. The molecule has 0 aliphatic heterocycles. The number of esters is 1. The third kappa shape index (κ3) is 2.28. The zero-order valence-electron chi connectivity index (χ0n) is 13.8. The Balaban J connectivity index is 2.04. The second-order valence-electron chi connectivity index (χ2n) is 6.58. The number of aryl methyl sites for hydroxylation is 4. The van der Waals surface area contributed by atoms with Crippen LogP contribution in [-0.2, 0) is 35.2 Å². The highest BCUT2D eigenvalue weighted by molar-refractivity contribution is 7.99. The Kier molecular flexibility index (Phi) is 3.84. The fourth-order valence-corrected chi connectivity index (χ4v) is 5.14. The van der Waals surface area contributed by atoms with Gasteiger partial charge >= 0.3 is 5.97 Å². The van der Waals surface area contributed by atoms with Crippen LogP contribution in [0, 0.1) is 0 Å². The van der Waals surface area contributed by atoms with E-state index < -0.39 is 0 Å². The van der Waals surface area contributed by atoms with Crippen LogP contribution in [0.2, 0.25) is 0 Å². The normalized spacial score (nSPS) is 17.1. The molecule has 0 aromatic heterocycles. The van der Waals surface area contributed by atoms with Crippen molar-refractivity contribution in [1.82, 2.24) is 0 Å². The fraction of sp³-hybridized carbons (Fsp3) is 0.450. The van der Waals surface area contributed by atoms with Crippen molar-refractivity contribution in [2.24, 2.45) is 0 Å². The summed E-state index contributed by atoms with van der Waals surface area (Å²) in [5.74, 6) is -0.126. The summed E-state index contributed by atoms with van der Waals surface area (Å²) in [5.41, 5.74) is 7.01. The monoisotopic (exact) mass is 326 g/mol. The van der Waals surface area contributed by atoms with Crippen LogP contribution >= 0.6 is 11.8 Å². The number of thioether (sulfide) groups is 1. The van der Waals surface area contributed by atoms with Gasteiger partial charge in [0.25, 0.3) is 0 Å². The standard InChI is InChI=1S/C20H22O2S/c1-22-20(21)19(23-2)16-11-14-7-3-5-12-9-10-13-6-4-8-15(16)18(13)17(12)14/h9-11,19H,3-8H2,1-2H3. The van der Waals surface area contributed by atoms with Crippen molar-refractivity contribution < 1.29 is 9.53 Å². The predicted octanol–water partition coefficient (Wildman–Crippen LogP) is 4.39. The van der Waals surface area contributed by atoms with Crippen LogP contribution in [-0.4, -0.2) is 19.3 Å². The smallest absolute Gasteiger partial charge is 0.323 e. The summed E-state index contributed by atoms with van der Waals surface area (Å²) >= 11 is 1.59. The molecule has 0 amide bonds. The molecule has 3 heteroatoms. The molecule has 4 rings (SSSR count). The van der Waals surface area contributed by atoms with Gasteiger partial charge in [-0.2, -0.15) is 0 Å². The van der Waals surface area contributed by atoms with E-state index in [1.807, 2.05) is 6.26 Å². The number of hydrogen-bond donors (Lipinski definition) is 0. The molecule has 2 aliphatic rings. The maximum absolute atomic E-state index is 12.3. The summed E-state index contributed by atoms with van der Waals surface area (Å²) in [6.07, 6.45) is 8.95. The highest BCUT2D eigenvalue weighted by Crippen LogP contribution is 2.43. The van der Waals surface area contributed by atoms with E-state index in [2.05, 4.69) is 18.2 Å². The Morgan fingerprint density at radius 2 is 1.70 bits per heavy atom. The molecule has 0 saturated heterocycles. The molecule has 1 atom stereocenters.